The smallest absolute Gasteiger partial charge is 0.148 e. The Kier molecular flexibility index (Phi) is 6.46. The van der Waals surface area contributed by atoms with Crippen molar-refractivity contribution >= 4 is 28.9 Å². The summed E-state index contributed by atoms with van der Waals surface area (Å²) in [5.74, 6) is 3.81. The number of terminal acetylenes is 1. The number of nitrogens with one attached hydrogen (secondary N) is 1. The van der Waals surface area contributed by atoms with Gasteiger partial charge >= 0.3 is 0 Å². The maximum absolute atomic E-state index is 6.19. The van der Waals surface area contributed by atoms with Gasteiger partial charge in [0.25, 0.3) is 0 Å². The number of anilines is 1. The minimum absolute atomic E-state index is 0.150. The molecule has 0 aliphatic heterocycles. The van der Waals surface area contributed by atoms with E-state index in [1.54, 1.807) is 12.1 Å². The van der Waals surface area contributed by atoms with E-state index in [-0.39, 0.29) is 6.61 Å². The summed E-state index contributed by atoms with van der Waals surface area (Å²) in [4.78, 5) is 0. The topological polar surface area (TPSA) is 30.5 Å². The predicted octanol–water partition coefficient (Wildman–Crippen LogP) is 5.02. The summed E-state index contributed by atoms with van der Waals surface area (Å²) < 4.78 is 10.9. The van der Waals surface area contributed by atoms with Gasteiger partial charge in [-0.3, -0.25) is 0 Å². The molecule has 2 aromatic rings. The second-order valence-electron chi connectivity index (χ2n) is 4.68. The Labute approximate surface area is 146 Å². The first-order valence-corrected chi connectivity index (χ1v) is 7.90. The van der Waals surface area contributed by atoms with Gasteiger partial charge in [0.2, 0.25) is 0 Å². The Morgan fingerprint density at radius 3 is 2.52 bits per heavy atom. The molecule has 1 N–H and O–H groups in total. The van der Waals surface area contributed by atoms with E-state index in [0.717, 1.165) is 17.0 Å². The molecule has 0 heterocycles. The van der Waals surface area contributed by atoms with Crippen LogP contribution in [-0.4, -0.2) is 13.2 Å². The van der Waals surface area contributed by atoms with Crippen LogP contribution in [0.2, 0.25) is 10.0 Å². The average molecular weight is 350 g/mol. The molecule has 2 rings (SSSR count). The summed E-state index contributed by atoms with van der Waals surface area (Å²) in [7, 11) is 0. The molecule has 0 bridgehead atoms. The quantitative estimate of drug-likeness (QED) is 0.712. The molecule has 0 aliphatic carbocycles. The number of hydrogen-bond acceptors (Lipinski definition) is 3. The lowest BCUT2D eigenvalue weighted by molar-refractivity contribution is 0.340. The van der Waals surface area contributed by atoms with Gasteiger partial charge in [-0.2, -0.15) is 0 Å². The van der Waals surface area contributed by atoms with Gasteiger partial charge in [0.1, 0.15) is 18.1 Å². The summed E-state index contributed by atoms with van der Waals surface area (Å²) in [6.07, 6.45) is 5.24. The number of benzene rings is 2. The molecule has 23 heavy (non-hydrogen) atoms. The maximum atomic E-state index is 6.19. The van der Waals surface area contributed by atoms with Crippen molar-refractivity contribution in [3.8, 4) is 23.8 Å². The van der Waals surface area contributed by atoms with E-state index < -0.39 is 0 Å². The molecule has 0 aliphatic rings. The maximum Gasteiger partial charge on any atom is 0.148 e. The third-order valence-corrected chi connectivity index (χ3v) is 3.53. The van der Waals surface area contributed by atoms with Gasteiger partial charge in [-0.25, -0.2) is 0 Å². The van der Waals surface area contributed by atoms with E-state index in [2.05, 4.69) is 11.2 Å². The van der Waals surface area contributed by atoms with Gasteiger partial charge in [-0.15, -0.1) is 6.42 Å². The molecule has 0 spiro atoms. The molecule has 5 heteroatoms. The summed E-state index contributed by atoms with van der Waals surface area (Å²) in [5.41, 5.74) is 1.79. The van der Waals surface area contributed by atoms with E-state index in [1.807, 2.05) is 31.2 Å². The lowest BCUT2D eigenvalue weighted by Gasteiger charge is -2.14. The van der Waals surface area contributed by atoms with Crippen LogP contribution in [0, 0.1) is 12.3 Å². The summed E-state index contributed by atoms with van der Waals surface area (Å²) in [6.45, 7) is 3.25. The third-order valence-electron chi connectivity index (χ3n) is 3.03. The highest BCUT2D eigenvalue weighted by molar-refractivity contribution is 6.35. The molecule has 0 unspecified atom stereocenters. The van der Waals surface area contributed by atoms with Crippen molar-refractivity contribution in [2.24, 2.45) is 0 Å². The molecule has 0 amide bonds. The molecular formula is C18H17Cl2NO2. The first kappa shape index (κ1) is 17.3. The molecule has 0 radical (unpaired) electrons. The first-order valence-electron chi connectivity index (χ1n) is 7.15. The molecule has 0 saturated carbocycles. The van der Waals surface area contributed by atoms with Crippen LogP contribution in [0.3, 0.4) is 0 Å². The standard InChI is InChI=1S/C18H17Cl2NO2/c1-3-9-23-18-13(10-14(19)11-17(18)20)12-21-15-5-7-16(8-6-15)22-4-2/h1,5-8,10-11,21H,4,9,12H2,2H3. The average Bonchev–Trinajstić information content (AvgIpc) is 2.53. The molecular weight excluding hydrogens is 333 g/mol. The Hall–Kier alpha value is -2.02. The van der Waals surface area contributed by atoms with Gasteiger partial charge in [-0.1, -0.05) is 29.1 Å². The van der Waals surface area contributed by atoms with Gasteiger partial charge in [-0.05, 0) is 43.3 Å². The third kappa shape index (κ3) is 4.99. The molecule has 120 valence electrons. The molecule has 0 fully saturated rings. The largest absolute Gasteiger partial charge is 0.494 e. The number of halogens is 2. The van der Waals surface area contributed by atoms with Crippen LogP contribution in [0.25, 0.3) is 0 Å². The van der Waals surface area contributed by atoms with Crippen molar-refractivity contribution in [3.05, 3.63) is 52.0 Å². The van der Waals surface area contributed by atoms with E-state index in [1.165, 1.54) is 0 Å². The number of ether oxygens (including phenoxy) is 2. The van der Waals surface area contributed by atoms with E-state index in [9.17, 15) is 0 Å². The Bertz CT molecular complexity index is 693. The fourth-order valence-electron chi connectivity index (χ4n) is 2.05. The fraction of sp³-hybridized carbons (Fsp3) is 0.222. The first-order chi connectivity index (χ1) is 11.1. The normalized spacial score (nSPS) is 10.0. The Morgan fingerprint density at radius 2 is 1.87 bits per heavy atom. The summed E-state index contributed by atoms with van der Waals surface area (Å²) in [6, 6.07) is 11.1. The van der Waals surface area contributed by atoms with Crippen LogP contribution < -0.4 is 14.8 Å². The highest BCUT2D eigenvalue weighted by Crippen LogP contribution is 2.33. The minimum Gasteiger partial charge on any atom is -0.494 e. The summed E-state index contributed by atoms with van der Waals surface area (Å²) >= 11 is 12.3. The van der Waals surface area contributed by atoms with Crippen LogP contribution in [0.15, 0.2) is 36.4 Å². The molecule has 2 aromatic carbocycles. The van der Waals surface area contributed by atoms with Crippen molar-refractivity contribution in [1.82, 2.24) is 0 Å². The minimum atomic E-state index is 0.150. The fourth-order valence-corrected chi connectivity index (χ4v) is 2.64. The van der Waals surface area contributed by atoms with Crippen LogP contribution in [0.1, 0.15) is 12.5 Å². The zero-order chi connectivity index (χ0) is 16.7. The molecule has 3 nitrogen and oxygen atoms in total. The second kappa shape index (κ2) is 8.57. The van der Waals surface area contributed by atoms with E-state index in [4.69, 9.17) is 39.1 Å². The molecule has 0 saturated heterocycles. The van der Waals surface area contributed by atoms with Gasteiger partial charge in [0.05, 0.1) is 11.6 Å². The van der Waals surface area contributed by atoms with Crippen LogP contribution in [0.4, 0.5) is 5.69 Å². The SMILES string of the molecule is C#CCOc1c(Cl)cc(Cl)cc1CNc1ccc(OCC)cc1. The number of rotatable bonds is 7. The van der Waals surface area contributed by atoms with Gasteiger partial charge in [0, 0.05) is 22.8 Å². The van der Waals surface area contributed by atoms with Crippen molar-refractivity contribution in [2.75, 3.05) is 18.5 Å². The highest BCUT2D eigenvalue weighted by Gasteiger charge is 2.10. The van der Waals surface area contributed by atoms with Gasteiger partial charge in [0.15, 0.2) is 0 Å². The Balaban J connectivity index is 2.11. The molecule has 0 aromatic heterocycles. The summed E-state index contributed by atoms with van der Waals surface area (Å²) in [5, 5.41) is 4.29. The van der Waals surface area contributed by atoms with Crippen LogP contribution in [-0.2, 0) is 6.54 Å². The van der Waals surface area contributed by atoms with Crippen LogP contribution in [0.5, 0.6) is 11.5 Å². The molecule has 0 atom stereocenters. The lowest BCUT2D eigenvalue weighted by Crippen LogP contribution is -2.04. The zero-order valence-electron chi connectivity index (χ0n) is 12.7. The van der Waals surface area contributed by atoms with Crippen molar-refractivity contribution in [3.63, 3.8) is 0 Å². The Morgan fingerprint density at radius 1 is 1.13 bits per heavy atom. The van der Waals surface area contributed by atoms with Crippen molar-refractivity contribution < 1.29 is 9.47 Å². The van der Waals surface area contributed by atoms with E-state index >= 15 is 0 Å². The highest BCUT2D eigenvalue weighted by atomic mass is 35.5. The monoisotopic (exact) mass is 349 g/mol. The number of hydrogen-bond donors (Lipinski definition) is 1. The van der Waals surface area contributed by atoms with E-state index in [0.29, 0.717) is 28.9 Å². The van der Waals surface area contributed by atoms with Gasteiger partial charge < -0.3 is 14.8 Å². The van der Waals surface area contributed by atoms with Crippen molar-refractivity contribution in [1.29, 1.82) is 0 Å². The zero-order valence-corrected chi connectivity index (χ0v) is 14.2. The second-order valence-corrected chi connectivity index (χ2v) is 5.52. The van der Waals surface area contributed by atoms with Crippen molar-refractivity contribution in [2.45, 2.75) is 13.5 Å². The predicted molar refractivity (Wildman–Crippen MR) is 95.7 cm³/mol. The van der Waals surface area contributed by atoms with Crippen LogP contribution >= 0.6 is 23.2 Å². The lowest BCUT2D eigenvalue weighted by atomic mass is 10.2.